The molecule has 1 amide bonds. The third-order valence-electron chi connectivity index (χ3n) is 4.97. The molecule has 0 atom stereocenters. The van der Waals surface area contributed by atoms with Gasteiger partial charge < -0.3 is 14.8 Å². The summed E-state index contributed by atoms with van der Waals surface area (Å²) >= 11 is 0. The standard InChI is InChI=1S/C22H18N6O2.C2HF3O2/c1-14-12-17(15(2)30-14)22(29)24-19-13-28-20(23-19)8-9-21(26-28)27-11-10-18(25-27)16-6-4-3-5-7-16;3-2(4,5)1(6)7/h3-13H,1-2H3,(H,24,29);(H,6,7). The van der Waals surface area contributed by atoms with E-state index in [9.17, 15) is 18.0 Å². The average molecular weight is 512 g/mol. The fourth-order valence-corrected chi connectivity index (χ4v) is 3.31. The van der Waals surface area contributed by atoms with Crippen LogP contribution < -0.4 is 5.32 Å². The van der Waals surface area contributed by atoms with Crippen molar-refractivity contribution in [2.45, 2.75) is 20.0 Å². The first kappa shape index (κ1) is 25.2. The highest BCUT2D eigenvalue weighted by atomic mass is 19.4. The van der Waals surface area contributed by atoms with Gasteiger partial charge >= 0.3 is 12.1 Å². The number of alkyl halides is 3. The molecule has 0 fully saturated rings. The second-order valence-corrected chi connectivity index (χ2v) is 7.72. The quantitative estimate of drug-likeness (QED) is 0.358. The van der Waals surface area contributed by atoms with Crippen molar-refractivity contribution in [2.75, 3.05) is 5.32 Å². The summed E-state index contributed by atoms with van der Waals surface area (Å²) in [6.07, 6.45) is -1.55. The molecule has 37 heavy (non-hydrogen) atoms. The van der Waals surface area contributed by atoms with Gasteiger partial charge in [-0.15, -0.1) is 5.10 Å². The van der Waals surface area contributed by atoms with Gasteiger partial charge in [0.05, 0.1) is 17.5 Å². The molecule has 0 aliphatic heterocycles. The molecule has 10 nitrogen and oxygen atoms in total. The van der Waals surface area contributed by atoms with Crippen molar-refractivity contribution in [3.05, 3.63) is 84.1 Å². The number of furan rings is 1. The average Bonchev–Trinajstić information content (AvgIpc) is 3.56. The molecule has 4 aromatic heterocycles. The maximum Gasteiger partial charge on any atom is 0.490 e. The van der Waals surface area contributed by atoms with E-state index in [1.165, 1.54) is 0 Å². The predicted molar refractivity (Wildman–Crippen MR) is 125 cm³/mol. The number of carbonyl (C=O) groups is 2. The highest BCUT2D eigenvalue weighted by Crippen LogP contribution is 2.19. The lowest BCUT2D eigenvalue weighted by Gasteiger charge is -2.01. The van der Waals surface area contributed by atoms with Crippen molar-refractivity contribution >= 4 is 23.3 Å². The lowest BCUT2D eigenvalue weighted by atomic mass is 10.2. The number of halogens is 3. The predicted octanol–water partition coefficient (Wildman–Crippen LogP) is 4.68. The number of hydrogen-bond donors (Lipinski definition) is 2. The summed E-state index contributed by atoms with van der Waals surface area (Å²) in [6.45, 7) is 3.56. The number of amides is 1. The number of imidazole rings is 1. The van der Waals surface area contributed by atoms with E-state index in [0.717, 1.165) is 11.3 Å². The Hall–Kier alpha value is -4.94. The zero-order valence-corrected chi connectivity index (χ0v) is 19.4. The van der Waals surface area contributed by atoms with Crippen LogP contribution in [0.25, 0.3) is 22.7 Å². The Labute approximate surface area is 207 Å². The summed E-state index contributed by atoms with van der Waals surface area (Å²) in [4.78, 5) is 25.8. The number of anilines is 1. The molecule has 5 aromatic rings. The molecule has 190 valence electrons. The van der Waals surface area contributed by atoms with Crippen LogP contribution in [-0.4, -0.2) is 47.5 Å². The third-order valence-corrected chi connectivity index (χ3v) is 4.97. The number of benzene rings is 1. The summed E-state index contributed by atoms with van der Waals surface area (Å²) in [5.74, 6) is -0.718. The maximum atomic E-state index is 12.5. The topological polar surface area (TPSA) is 128 Å². The van der Waals surface area contributed by atoms with Gasteiger partial charge in [0.2, 0.25) is 0 Å². The van der Waals surface area contributed by atoms with Gasteiger partial charge in [0.25, 0.3) is 5.91 Å². The number of nitrogens with zero attached hydrogens (tertiary/aromatic N) is 5. The molecule has 0 spiro atoms. The second kappa shape index (κ2) is 9.97. The molecule has 4 heterocycles. The van der Waals surface area contributed by atoms with Gasteiger partial charge in [-0.3, -0.25) is 4.79 Å². The van der Waals surface area contributed by atoms with E-state index in [4.69, 9.17) is 14.3 Å². The molecule has 0 bridgehead atoms. The minimum absolute atomic E-state index is 0.271. The summed E-state index contributed by atoms with van der Waals surface area (Å²) in [7, 11) is 0. The van der Waals surface area contributed by atoms with Gasteiger partial charge in [0.1, 0.15) is 11.5 Å². The van der Waals surface area contributed by atoms with Crippen molar-refractivity contribution in [1.29, 1.82) is 0 Å². The summed E-state index contributed by atoms with van der Waals surface area (Å²) < 4.78 is 40.5. The lowest BCUT2D eigenvalue weighted by molar-refractivity contribution is -0.192. The number of nitrogens with one attached hydrogen (secondary N) is 1. The zero-order chi connectivity index (χ0) is 26.7. The Balaban J connectivity index is 0.000000405. The Morgan fingerprint density at radius 2 is 1.73 bits per heavy atom. The molecular weight excluding hydrogens is 493 g/mol. The van der Waals surface area contributed by atoms with Crippen molar-refractivity contribution in [3.8, 4) is 17.1 Å². The SMILES string of the molecule is Cc1cc(C(=O)Nc2cn3nc(-n4ccc(-c5ccccc5)n4)ccc3n2)c(C)o1.O=C(O)C(F)(F)F. The van der Waals surface area contributed by atoms with Crippen LogP contribution in [0.2, 0.25) is 0 Å². The van der Waals surface area contributed by atoms with Crippen molar-refractivity contribution < 1.29 is 32.3 Å². The number of carboxylic acid groups (broad SMARTS) is 1. The van der Waals surface area contributed by atoms with Crippen molar-refractivity contribution in [2.24, 2.45) is 0 Å². The first-order valence-corrected chi connectivity index (χ1v) is 10.7. The van der Waals surface area contributed by atoms with E-state index in [2.05, 4.69) is 20.5 Å². The first-order valence-electron chi connectivity index (χ1n) is 10.7. The number of carboxylic acids is 1. The van der Waals surface area contributed by atoms with Crippen LogP contribution in [-0.2, 0) is 4.79 Å². The van der Waals surface area contributed by atoms with Gasteiger partial charge in [0, 0.05) is 11.8 Å². The maximum absolute atomic E-state index is 12.5. The number of aliphatic carboxylic acids is 1. The van der Waals surface area contributed by atoms with E-state index < -0.39 is 12.1 Å². The highest BCUT2D eigenvalue weighted by Gasteiger charge is 2.38. The van der Waals surface area contributed by atoms with Crippen LogP contribution in [0.3, 0.4) is 0 Å². The molecular formula is C24H19F3N6O4. The summed E-state index contributed by atoms with van der Waals surface area (Å²) in [5.41, 5.74) is 3.00. The molecule has 0 aliphatic rings. The first-order chi connectivity index (χ1) is 17.5. The van der Waals surface area contributed by atoms with Crippen LogP contribution in [0.1, 0.15) is 21.9 Å². The molecule has 5 rings (SSSR count). The molecule has 13 heteroatoms. The molecule has 0 unspecified atom stereocenters. The zero-order valence-electron chi connectivity index (χ0n) is 19.4. The molecule has 0 saturated heterocycles. The fraction of sp³-hybridized carbons (Fsp3) is 0.125. The van der Waals surface area contributed by atoms with Gasteiger partial charge in [-0.25, -0.2) is 19.0 Å². The summed E-state index contributed by atoms with van der Waals surface area (Å²) in [5, 5.41) is 19.1. The highest BCUT2D eigenvalue weighted by molar-refractivity contribution is 6.04. The Morgan fingerprint density at radius 1 is 1.03 bits per heavy atom. The van der Waals surface area contributed by atoms with E-state index >= 15 is 0 Å². The van der Waals surface area contributed by atoms with Crippen molar-refractivity contribution in [1.82, 2.24) is 24.4 Å². The molecule has 0 aliphatic carbocycles. The number of fused-ring (bicyclic) bond motifs is 1. The number of hydrogen-bond acceptors (Lipinski definition) is 6. The molecule has 1 aromatic carbocycles. The van der Waals surface area contributed by atoms with Gasteiger partial charge in [-0.2, -0.15) is 18.3 Å². The second-order valence-electron chi connectivity index (χ2n) is 7.72. The van der Waals surface area contributed by atoms with E-state index in [0.29, 0.717) is 34.4 Å². The van der Waals surface area contributed by atoms with E-state index in [-0.39, 0.29) is 5.91 Å². The van der Waals surface area contributed by atoms with Crippen LogP contribution in [0.4, 0.5) is 19.0 Å². The minimum atomic E-state index is -5.08. The largest absolute Gasteiger partial charge is 0.490 e. The number of aromatic nitrogens is 5. The fourth-order valence-electron chi connectivity index (χ4n) is 3.31. The summed E-state index contributed by atoms with van der Waals surface area (Å²) in [6, 6.07) is 17.3. The van der Waals surface area contributed by atoms with Crippen LogP contribution in [0.5, 0.6) is 0 Å². The smallest absolute Gasteiger partial charge is 0.475 e. The Bertz CT molecular complexity index is 1570. The number of carbonyl (C=O) groups excluding carboxylic acids is 1. The number of rotatable bonds is 4. The lowest BCUT2D eigenvalue weighted by Crippen LogP contribution is -2.21. The Kier molecular flexibility index (Phi) is 6.78. The minimum Gasteiger partial charge on any atom is -0.475 e. The van der Waals surface area contributed by atoms with E-state index in [1.54, 1.807) is 35.3 Å². The normalized spacial score (nSPS) is 11.2. The van der Waals surface area contributed by atoms with Gasteiger partial charge in [0.15, 0.2) is 17.3 Å². The third kappa shape index (κ3) is 5.83. The Morgan fingerprint density at radius 3 is 2.35 bits per heavy atom. The van der Waals surface area contributed by atoms with Crippen LogP contribution in [0, 0.1) is 13.8 Å². The number of aryl methyl sites for hydroxylation is 2. The van der Waals surface area contributed by atoms with Crippen LogP contribution >= 0.6 is 0 Å². The molecule has 0 radical (unpaired) electrons. The van der Waals surface area contributed by atoms with Gasteiger partial charge in [-0.1, -0.05) is 30.3 Å². The molecule has 0 saturated carbocycles. The van der Waals surface area contributed by atoms with E-state index in [1.807, 2.05) is 54.7 Å². The van der Waals surface area contributed by atoms with Crippen molar-refractivity contribution in [3.63, 3.8) is 0 Å². The van der Waals surface area contributed by atoms with Gasteiger partial charge in [-0.05, 0) is 38.1 Å². The molecule has 2 N–H and O–H groups in total. The van der Waals surface area contributed by atoms with Crippen LogP contribution in [0.15, 0.2) is 71.4 Å². The monoisotopic (exact) mass is 512 g/mol.